The van der Waals surface area contributed by atoms with Crippen LogP contribution in [0.5, 0.6) is 0 Å². The van der Waals surface area contributed by atoms with Crippen LogP contribution in [0.25, 0.3) is 0 Å². The van der Waals surface area contributed by atoms with Gasteiger partial charge in [0.15, 0.2) is 0 Å². The van der Waals surface area contributed by atoms with Gasteiger partial charge in [0, 0.05) is 20.2 Å². The molecule has 0 bridgehead atoms. The minimum Gasteiger partial charge on any atom is -0.380 e. The van der Waals surface area contributed by atoms with Crippen LogP contribution >= 0.6 is 11.0 Å². The fraction of sp³-hybridized carbons (Fsp3) is 0.368. The molecule has 2 aromatic rings. The van der Waals surface area contributed by atoms with E-state index in [1.165, 1.54) is 0 Å². The SMILES string of the molecule is CNC[C@H](CCN1c2ccccc2N(c2ccccc2C)S1(O)O)OC. The Morgan fingerprint density at radius 2 is 1.65 bits per heavy atom. The van der Waals surface area contributed by atoms with Crippen molar-refractivity contribution in [3.63, 3.8) is 0 Å². The Hall–Kier alpha value is -1.77. The molecule has 0 radical (unpaired) electrons. The van der Waals surface area contributed by atoms with Crippen molar-refractivity contribution >= 4 is 28.0 Å². The van der Waals surface area contributed by atoms with Crippen LogP contribution in [0.2, 0.25) is 0 Å². The van der Waals surface area contributed by atoms with Crippen molar-refractivity contribution in [2.24, 2.45) is 0 Å². The van der Waals surface area contributed by atoms with Crippen LogP contribution in [-0.4, -0.2) is 42.5 Å². The molecule has 0 unspecified atom stereocenters. The minimum atomic E-state index is -3.19. The summed E-state index contributed by atoms with van der Waals surface area (Å²) in [4.78, 5) is 0. The van der Waals surface area contributed by atoms with Crippen LogP contribution in [0.3, 0.4) is 0 Å². The number of hydrogen-bond acceptors (Lipinski definition) is 6. The van der Waals surface area contributed by atoms with Gasteiger partial charge in [-0.25, -0.2) is 4.31 Å². The maximum Gasteiger partial charge on any atom is 0.0896 e. The van der Waals surface area contributed by atoms with Crippen molar-refractivity contribution in [2.75, 3.05) is 35.9 Å². The molecule has 3 rings (SSSR count). The van der Waals surface area contributed by atoms with Gasteiger partial charge in [-0.15, -0.1) is 0 Å². The maximum atomic E-state index is 11.2. The molecule has 1 aliphatic rings. The molecule has 6 nitrogen and oxygen atoms in total. The Kier molecular flexibility index (Phi) is 5.74. The van der Waals surface area contributed by atoms with E-state index in [-0.39, 0.29) is 6.10 Å². The van der Waals surface area contributed by atoms with Crippen molar-refractivity contribution in [1.82, 2.24) is 5.32 Å². The van der Waals surface area contributed by atoms with E-state index in [0.717, 1.165) is 22.6 Å². The third-order valence-electron chi connectivity index (χ3n) is 4.66. The summed E-state index contributed by atoms with van der Waals surface area (Å²) in [5, 5.41) is 3.10. The van der Waals surface area contributed by atoms with Gasteiger partial charge in [-0.3, -0.25) is 13.4 Å². The first kappa shape index (κ1) is 19.0. The standard InChI is InChI=1S/C19H27N3O3S/c1-15-8-4-5-9-17(15)22-19-11-7-6-10-18(19)21(26(22,23)24)13-12-16(25-3)14-20-2/h4-11,16,20,23-24H,12-14H2,1-3H3/t16-/m0/s1. The van der Waals surface area contributed by atoms with Gasteiger partial charge in [0.1, 0.15) is 0 Å². The molecule has 2 aromatic carbocycles. The van der Waals surface area contributed by atoms with E-state index in [4.69, 9.17) is 4.74 Å². The zero-order valence-corrected chi connectivity index (χ0v) is 16.2. The predicted molar refractivity (Wildman–Crippen MR) is 109 cm³/mol. The summed E-state index contributed by atoms with van der Waals surface area (Å²) < 4.78 is 31.2. The van der Waals surface area contributed by atoms with E-state index in [2.05, 4.69) is 5.32 Å². The zero-order chi connectivity index (χ0) is 18.7. The molecular formula is C19H27N3O3S. The smallest absolute Gasteiger partial charge is 0.0896 e. The molecule has 0 saturated heterocycles. The number of nitrogens with one attached hydrogen (secondary N) is 1. The van der Waals surface area contributed by atoms with Crippen molar-refractivity contribution in [2.45, 2.75) is 19.4 Å². The fourth-order valence-electron chi connectivity index (χ4n) is 3.30. The maximum absolute atomic E-state index is 11.2. The summed E-state index contributed by atoms with van der Waals surface area (Å²) >= 11 is 0. The molecule has 1 aliphatic heterocycles. The van der Waals surface area contributed by atoms with Gasteiger partial charge in [0.2, 0.25) is 0 Å². The highest BCUT2D eigenvalue weighted by Gasteiger charge is 2.41. The normalized spacial score (nSPS) is 17.9. The number of methoxy groups -OCH3 is 1. The number of benzene rings is 2. The van der Waals surface area contributed by atoms with Gasteiger partial charge in [-0.1, -0.05) is 30.3 Å². The van der Waals surface area contributed by atoms with E-state index < -0.39 is 11.0 Å². The highest BCUT2D eigenvalue weighted by Crippen LogP contribution is 2.64. The van der Waals surface area contributed by atoms with E-state index in [1.54, 1.807) is 15.7 Å². The molecule has 0 saturated carbocycles. The molecular weight excluding hydrogens is 350 g/mol. The summed E-state index contributed by atoms with van der Waals surface area (Å²) in [5.74, 6) is 0. The van der Waals surface area contributed by atoms with E-state index in [0.29, 0.717) is 19.5 Å². The Labute approximate surface area is 157 Å². The molecule has 0 aromatic heterocycles. The molecule has 0 aliphatic carbocycles. The fourth-order valence-corrected chi connectivity index (χ4v) is 5.15. The number of para-hydroxylation sites is 3. The molecule has 0 spiro atoms. The van der Waals surface area contributed by atoms with Crippen LogP contribution < -0.4 is 13.9 Å². The molecule has 0 amide bonds. The van der Waals surface area contributed by atoms with E-state index in [9.17, 15) is 9.11 Å². The second-order valence-corrected chi connectivity index (χ2v) is 8.15. The Bertz CT molecular complexity index is 756. The van der Waals surface area contributed by atoms with E-state index in [1.807, 2.05) is 62.5 Å². The van der Waals surface area contributed by atoms with Gasteiger partial charge in [0.05, 0.1) is 23.2 Å². The summed E-state index contributed by atoms with van der Waals surface area (Å²) in [6.45, 7) is 3.18. The number of nitrogens with zero attached hydrogens (tertiary/aromatic N) is 2. The van der Waals surface area contributed by atoms with E-state index >= 15 is 0 Å². The lowest BCUT2D eigenvalue weighted by Crippen LogP contribution is -2.35. The average molecular weight is 378 g/mol. The van der Waals surface area contributed by atoms with Crippen molar-refractivity contribution in [3.8, 4) is 0 Å². The number of ether oxygens (including phenoxy) is 1. The minimum absolute atomic E-state index is 0.00914. The van der Waals surface area contributed by atoms with Crippen molar-refractivity contribution in [1.29, 1.82) is 0 Å². The Morgan fingerprint density at radius 3 is 2.27 bits per heavy atom. The van der Waals surface area contributed by atoms with Crippen molar-refractivity contribution in [3.05, 3.63) is 54.1 Å². The molecule has 0 fully saturated rings. The highest BCUT2D eigenvalue weighted by atomic mass is 32.3. The van der Waals surface area contributed by atoms with Crippen LogP contribution in [-0.2, 0) is 4.74 Å². The first-order valence-electron chi connectivity index (χ1n) is 8.69. The quantitative estimate of drug-likeness (QED) is 0.673. The Balaban J connectivity index is 1.96. The third kappa shape index (κ3) is 3.41. The predicted octanol–water partition coefficient (Wildman–Crippen LogP) is 4.16. The third-order valence-corrected chi connectivity index (χ3v) is 6.52. The second-order valence-electron chi connectivity index (χ2n) is 6.37. The number of rotatable bonds is 7. The van der Waals surface area contributed by atoms with Crippen LogP contribution in [0.4, 0.5) is 17.1 Å². The first-order chi connectivity index (χ1) is 12.5. The summed E-state index contributed by atoms with van der Waals surface area (Å²) in [6, 6.07) is 15.5. The highest BCUT2D eigenvalue weighted by molar-refractivity contribution is 8.27. The van der Waals surface area contributed by atoms with Gasteiger partial charge in [-0.2, -0.15) is 0 Å². The lowest BCUT2D eigenvalue weighted by Gasteiger charge is -2.44. The second kappa shape index (κ2) is 7.85. The molecule has 3 N–H and O–H groups in total. The number of aryl methyl sites for hydroxylation is 1. The summed E-state index contributed by atoms with van der Waals surface area (Å²) in [6.07, 6.45) is 0.693. The number of likely N-dealkylation sites (N-methyl/N-ethyl adjacent to an activating group) is 1. The summed E-state index contributed by atoms with van der Waals surface area (Å²) in [7, 11) is 0.367. The number of hydrogen-bond donors (Lipinski definition) is 3. The van der Waals surface area contributed by atoms with Gasteiger partial charge >= 0.3 is 0 Å². The zero-order valence-electron chi connectivity index (χ0n) is 15.4. The topological polar surface area (TPSA) is 68.2 Å². The van der Waals surface area contributed by atoms with Crippen LogP contribution in [0.15, 0.2) is 48.5 Å². The largest absolute Gasteiger partial charge is 0.380 e. The molecule has 1 atom stereocenters. The first-order valence-corrected chi connectivity index (χ1v) is 10.1. The lowest BCUT2D eigenvalue weighted by atomic mass is 10.2. The monoisotopic (exact) mass is 377 g/mol. The molecule has 142 valence electrons. The molecule has 1 heterocycles. The molecule has 26 heavy (non-hydrogen) atoms. The van der Waals surface area contributed by atoms with Gasteiger partial charge < -0.3 is 10.1 Å². The number of anilines is 3. The summed E-state index contributed by atoms with van der Waals surface area (Å²) in [5.41, 5.74) is 3.44. The van der Waals surface area contributed by atoms with Crippen LogP contribution in [0.1, 0.15) is 12.0 Å². The lowest BCUT2D eigenvalue weighted by molar-refractivity contribution is 0.0984. The van der Waals surface area contributed by atoms with Gasteiger partial charge in [-0.05, 0) is 55.1 Å². The van der Waals surface area contributed by atoms with Crippen LogP contribution in [0, 0.1) is 6.92 Å². The Morgan fingerprint density at radius 1 is 1.04 bits per heavy atom. The number of fused-ring (bicyclic) bond motifs is 1. The van der Waals surface area contributed by atoms with Crippen molar-refractivity contribution < 1.29 is 13.8 Å². The van der Waals surface area contributed by atoms with Gasteiger partial charge in [0.25, 0.3) is 0 Å². The molecule has 7 heteroatoms. The average Bonchev–Trinajstić information content (AvgIpc) is 2.85.